The van der Waals surface area contributed by atoms with Gasteiger partial charge in [-0.05, 0) is 19.9 Å². The topological polar surface area (TPSA) is 139 Å². The van der Waals surface area contributed by atoms with E-state index in [0.717, 1.165) is 18.2 Å². The first kappa shape index (κ1) is 17.1. The van der Waals surface area contributed by atoms with Gasteiger partial charge in [-0.15, -0.1) is 0 Å². The summed E-state index contributed by atoms with van der Waals surface area (Å²) >= 11 is 0. The van der Waals surface area contributed by atoms with Crippen molar-refractivity contribution in [2.24, 2.45) is 5.73 Å². The van der Waals surface area contributed by atoms with Crippen LogP contribution in [-0.4, -0.2) is 35.5 Å². The van der Waals surface area contributed by atoms with Gasteiger partial charge in [0.15, 0.2) is 6.10 Å². The van der Waals surface area contributed by atoms with Crippen LogP contribution in [0.2, 0.25) is 0 Å². The number of hydrogen-bond donors (Lipinski definition) is 1. The summed E-state index contributed by atoms with van der Waals surface area (Å²) in [6, 6.07) is 2.99. The number of carbonyl (C=O) groups is 3. The third-order valence-corrected chi connectivity index (χ3v) is 2.56. The lowest BCUT2D eigenvalue weighted by molar-refractivity contribution is -0.384. The summed E-state index contributed by atoms with van der Waals surface area (Å²) in [5, 5.41) is 10.9. The molecule has 0 spiro atoms. The van der Waals surface area contributed by atoms with Crippen LogP contribution in [0, 0.1) is 10.1 Å². The van der Waals surface area contributed by atoms with Crippen molar-refractivity contribution in [3.63, 3.8) is 0 Å². The average Bonchev–Trinajstić information content (AvgIpc) is 2.46. The molecule has 1 amide bonds. The molecule has 9 heteroatoms. The molecular formula is C13H14N2O7. The third-order valence-electron chi connectivity index (χ3n) is 2.56. The highest BCUT2D eigenvalue weighted by atomic mass is 16.6. The molecule has 0 radical (unpaired) electrons. The monoisotopic (exact) mass is 310 g/mol. The van der Waals surface area contributed by atoms with E-state index in [0.29, 0.717) is 0 Å². The van der Waals surface area contributed by atoms with Gasteiger partial charge in [-0.3, -0.25) is 14.9 Å². The Hall–Kier alpha value is -2.97. The minimum Gasteiger partial charge on any atom is -0.462 e. The number of benzene rings is 1. The van der Waals surface area contributed by atoms with Crippen molar-refractivity contribution >= 4 is 23.5 Å². The molecule has 0 saturated heterocycles. The fourth-order valence-corrected chi connectivity index (χ4v) is 1.45. The van der Waals surface area contributed by atoms with Gasteiger partial charge in [0.25, 0.3) is 11.6 Å². The Bertz CT molecular complexity index is 627. The molecule has 1 rings (SSSR count). The predicted octanol–water partition coefficient (Wildman–Crippen LogP) is 0.802. The van der Waals surface area contributed by atoms with Gasteiger partial charge >= 0.3 is 11.9 Å². The van der Waals surface area contributed by atoms with Gasteiger partial charge < -0.3 is 15.2 Å². The maximum Gasteiger partial charge on any atom is 0.339 e. The van der Waals surface area contributed by atoms with Gasteiger partial charge in [0, 0.05) is 12.1 Å². The van der Waals surface area contributed by atoms with Crippen molar-refractivity contribution < 1.29 is 28.8 Å². The maximum absolute atomic E-state index is 11.9. The summed E-state index contributed by atoms with van der Waals surface area (Å²) in [6.45, 7) is 2.89. The van der Waals surface area contributed by atoms with Crippen molar-refractivity contribution in [3.8, 4) is 0 Å². The van der Waals surface area contributed by atoms with Crippen LogP contribution >= 0.6 is 0 Å². The van der Waals surface area contributed by atoms with E-state index in [2.05, 4.69) is 0 Å². The van der Waals surface area contributed by atoms with Gasteiger partial charge in [0.05, 0.1) is 22.7 Å². The summed E-state index contributed by atoms with van der Waals surface area (Å²) < 4.78 is 9.47. The SMILES string of the molecule is CCOC(=O)c1cc(C(=O)O[C@H](C)C(N)=O)cc([N+](=O)[O-])c1. The van der Waals surface area contributed by atoms with E-state index in [1.54, 1.807) is 6.92 Å². The van der Waals surface area contributed by atoms with E-state index in [1.165, 1.54) is 6.92 Å². The average molecular weight is 310 g/mol. The van der Waals surface area contributed by atoms with Crippen LogP contribution in [0.25, 0.3) is 0 Å². The molecule has 0 heterocycles. The van der Waals surface area contributed by atoms with E-state index in [1.807, 2.05) is 0 Å². The molecule has 0 unspecified atom stereocenters. The molecule has 22 heavy (non-hydrogen) atoms. The Morgan fingerprint density at radius 2 is 1.77 bits per heavy atom. The molecule has 1 aromatic carbocycles. The first-order valence-corrected chi connectivity index (χ1v) is 6.23. The molecule has 0 aliphatic heterocycles. The molecule has 0 aliphatic carbocycles. The van der Waals surface area contributed by atoms with Crippen LogP contribution in [0.1, 0.15) is 34.6 Å². The fraction of sp³-hybridized carbons (Fsp3) is 0.308. The first-order valence-electron chi connectivity index (χ1n) is 6.23. The Morgan fingerprint density at radius 3 is 2.23 bits per heavy atom. The smallest absolute Gasteiger partial charge is 0.339 e. The van der Waals surface area contributed by atoms with Gasteiger partial charge in [-0.2, -0.15) is 0 Å². The van der Waals surface area contributed by atoms with E-state index in [-0.39, 0.29) is 17.7 Å². The highest BCUT2D eigenvalue weighted by Gasteiger charge is 2.22. The minimum absolute atomic E-state index is 0.0695. The van der Waals surface area contributed by atoms with Crippen LogP contribution in [0.5, 0.6) is 0 Å². The number of ether oxygens (including phenoxy) is 2. The number of nitro groups is 1. The molecule has 2 N–H and O–H groups in total. The van der Waals surface area contributed by atoms with Crippen LogP contribution in [-0.2, 0) is 14.3 Å². The van der Waals surface area contributed by atoms with Crippen LogP contribution in [0.15, 0.2) is 18.2 Å². The molecule has 118 valence electrons. The number of carbonyl (C=O) groups excluding carboxylic acids is 3. The van der Waals surface area contributed by atoms with E-state index in [9.17, 15) is 24.5 Å². The molecule has 1 atom stereocenters. The van der Waals surface area contributed by atoms with Crippen molar-refractivity contribution in [1.29, 1.82) is 0 Å². The number of rotatable bonds is 6. The number of nitrogens with two attached hydrogens (primary N) is 1. The molecule has 1 aromatic rings. The Morgan fingerprint density at radius 1 is 1.23 bits per heavy atom. The van der Waals surface area contributed by atoms with Gasteiger partial charge in [0.2, 0.25) is 0 Å². The zero-order chi connectivity index (χ0) is 16.9. The summed E-state index contributed by atoms with van der Waals surface area (Å²) in [5.74, 6) is -2.70. The lowest BCUT2D eigenvalue weighted by Gasteiger charge is -2.10. The van der Waals surface area contributed by atoms with Crippen molar-refractivity contribution in [2.45, 2.75) is 20.0 Å². The van der Waals surface area contributed by atoms with Gasteiger partial charge in [-0.25, -0.2) is 9.59 Å². The summed E-state index contributed by atoms with van der Waals surface area (Å²) in [7, 11) is 0. The number of nitro benzene ring substituents is 1. The number of nitrogens with zero attached hydrogens (tertiary/aromatic N) is 1. The summed E-state index contributed by atoms with van der Waals surface area (Å²) in [5.41, 5.74) is 4.05. The molecule has 0 saturated carbocycles. The number of primary amides is 1. The lowest BCUT2D eigenvalue weighted by atomic mass is 10.1. The Labute approximate surface area is 125 Å². The number of hydrogen-bond acceptors (Lipinski definition) is 7. The van der Waals surface area contributed by atoms with Crippen molar-refractivity contribution in [1.82, 2.24) is 0 Å². The molecule has 0 aromatic heterocycles. The third kappa shape index (κ3) is 4.27. The number of amides is 1. The first-order chi connectivity index (χ1) is 10.3. The van der Waals surface area contributed by atoms with Crippen LogP contribution in [0.3, 0.4) is 0 Å². The minimum atomic E-state index is -1.21. The second kappa shape index (κ2) is 7.16. The maximum atomic E-state index is 11.9. The standard InChI is InChI=1S/C13H14N2O7/c1-3-21-12(17)8-4-9(6-10(5-8)15(19)20)13(18)22-7(2)11(14)16/h4-7H,3H2,1-2H3,(H2,14,16)/t7-/m1/s1. The highest BCUT2D eigenvalue weighted by molar-refractivity contribution is 5.97. The quantitative estimate of drug-likeness (QED) is 0.465. The lowest BCUT2D eigenvalue weighted by Crippen LogP contribution is -2.30. The Balaban J connectivity index is 3.18. The number of non-ortho nitro benzene ring substituents is 1. The largest absolute Gasteiger partial charge is 0.462 e. The zero-order valence-electron chi connectivity index (χ0n) is 11.9. The zero-order valence-corrected chi connectivity index (χ0v) is 11.9. The molecule has 0 fully saturated rings. The van der Waals surface area contributed by atoms with E-state index < -0.39 is 34.6 Å². The second-order valence-electron chi connectivity index (χ2n) is 4.20. The predicted molar refractivity (Wildman–Crippen MR) is 73.1 cm³/mol. The Kier molecular flexibility index (Phi) is 5.56. The molecule has 9 nitrogen and oxygen atoms in total. The van der Waals surface area contributed by atoms with Crippen molar-refractivity contribution in [3.05, 3.63) is 39.4 Å². The fourth-order valence-electron chi connectivity index (χ4n) is 1.45. The normalized spacial score (nSPS) is 11.4. The molecule has 0 bridgehead atoms. The van der Waals surface area contributed by atoms with Crippen molar-refractivity contribution in [2.75, 3.05) is 6.61 Å². The molecule has 0 aliphatic rings. The van der Waals surface area contributed by atoms with Crippen LogP contribution in [0.4, 0.5) is 5.69 Å². The van der Waals surface area contributed by atoms with E-state index >= 15 is 0 Å². The van der Waals surface area contributed by atoms with Gasteiger partial charge in [0.1, 0.15) is 0 Å². The van der Waals surface area contributed by atoms with Gasteiger partial charge in [-0.1, -0.05) is 0 Å². The van der Waals surface area contributed by atoms with E-state index in [4.69, 9.17) is 15.2 Å². The number of esters is 2. The summed E-state index contributed by atoms with van der Waals surface area (Å²) in [4.78, 5) is 44.5. The van der Waals surface area contributed by atoms with Crippen LogP contribution < -0.4 is 5.73 Å². The second-order valence-corrected chi connectivity index (χ2v) is 4.20. The summed E-state index contributed by atoms with van der Waals surface area (Å²) in [6.07, 6.45) is -1.21. The molecular weight excluding hydrogens is 296 g/mol. The highest BCUT2D eigenvalue weighted by Crippen LogP contribution is 2.19.